The molecule has 0 aliphatic rings. The fourth-order valence-electron chi connectivity index (χ4n) is 2.56. The van der Waals surface area contributed by atoms with Gasteiger partial charge in [-0.1, -0.05) is 0 Å². The molecule has 2 rings (SSSR count). The van der Waals surface area contributed by atoms with Crippen LogP contribution in [0.1, 0.15) is 23.9 Å². The number of aromatic nitrogens is 1. The second-order valence-corrected chi connectivity index (χ2v) is 5.33. The van der Waals surface area contributed by atoms with Crippen molar-refractivity contribution in [1.82, 2.24) is 4.57 Å². The molecule has 0 radical (unpaired) electrons. The number of nitro groups is 1. The monoisotopic (exact) mass is 339 g/mol. The molecule has 1 aromatic heterocycles. The van der Waals surface area contributed by atoms with Gasteiger partial charge in [-0.3, -0.25) is 10.1 Å². The lowest BCUT2D eigenvalue weighted by atomic mass is 10.1. The van der Waals surface area contributed by atoms with Crippen LogP contribution in [0.2, 0.25) is 0 Å². The van der Waals surface area contributed by atoms with Crippen LogP contribution < -0.4 is 0 Å². The molecule has 0 aliphatic carbocycles. The van der Waals surface area contributed by atoms with E-state index >= 15 is 0 Å². The number of benzene rings is 1. The highest BCUT2D eigenvalue weighted by atomic mass is 16.6. The van der Waals surface area contributed by atoms with Crippen LogP contribution in [0.15, 0.2) is 35.9 Å². The first kappa shape index (κ1) is 17.9. The second-order valence-electron chi connectivity index (χ2n) is 5.33. The summed E-state index contributed by atoms with van der Waals surface area (Å²) in [5, 5.41) is 19.9. The van der Waals surface area contributed by atoms with Crippen molar-refractivity contribution < 1.29 is 14.5 Å². The van der Waals surface area contributed by atoms with E-state index in [1.807, 2.05) is 30.6 Å². The van der Waals surface area contributed by atoms with Crippen LogP contribution in [-0.4, -0.2) is 22.1 Å². The van der Waals surface area contributed by atoms with Crippen molar-refractivity contribution in [2.24, 2.45) is 0 Å². The summed E-state index contributed by atoms with van der Waals surface area (Å²) in [5.41, 5.74) is 3.09. The Morgan fingerprint density at radius 1 is 1.36 bits per heavy atom. The van der Waals surface area contributed by atoms with E-state index < -0.39 is 10.9 Å². The summed E-state index contributed by atoms with van der Waals surface area (Å²) in [6, 6.07) is 9.87. The molecule has 1 aromatic carbocycles. The predicted molar refractivity (Wildman–Crippen MR) is 92.1 cm³/mol. The van der Waals surface area contributed by atoms with Gasteiger partial charge >= 0.3 is 5.97 Å². The van der Waals surface area contributed by atoms with E-state index in [1.165, 1.54) is 18.2 Å². The highest BCUT2D eigenvalue weighted by Gasteiger charge is 2.15. The Labute approximate surface area is 144 Å². The van der Waals surface area contributed by atoms with Crippen LogP contribution in [0.5, 0.6) is 0 Å². The Morgan fingerprint density at radius 3 is 2.52 bits per heavy atom. The number of nitro benzene ring substituents is 1. The van der Waals surface area contributed by atoms with Gasteiger partial charge in [0.25, 0.3) is 5.69 Å². The smallest absolute Gasteiger partial charge is 0.348 e. The van der Waals surface area contributed by atoms with Gasteiger partial charge in [-0.05, 0) is 50.6 Å². The Hall–Kier alpha value is -3.40. The molecule has 25 heavy (non-hydrogen) atoms. The molecule has 2 aromatic rings. The Bertz CT molecular complexity index is 886. The molecular formula is C18H17N3O4. The molecular weight excluding hydrogens is 322 g/mol. The Morgan fingerprint density at radius 2 is 2.00 bits per heavy atom. The summed E-state index contributed by atoms with van der Waals surface area (Å²) < 4.78 is 6.76. The Kier molecular flexibility index (Phi) is 5.35. The van der Waals surface area contributed by atoms with E-state index in [0.29, 0.717) is 5.56 Å². The summed E-state index contributed by atoms with van der Waals surface area (Å²) in [6.07, 6.45) is 1.49. The van der Waals surface area contributed by atoms with Gasteiger partial charge in [0, 0.05) is 29.2 Å². The van der Waals surface area contributed by atoms with Crippen molar-refractivity contribution in [1.29, 1.82) is 5.26 Å². The molecule has 0 saturated carbocycles. The number of carbonyl (C=O) groups is 1. The van der Waals surface area contributed by atoms with E-state index in [1.54, 1.807) is 19.1 Å². The predicted octanol–water partition coefficient (Wildman–Crippen LogP) is 3.47. The van der Waals surface area contributed by atoms with E-state index in [9.17, 15) is 14.9 Å². The molecule has 0 atom stereocenters. The second kappa shape index (κ2) is 7.45. The first-order valence-electron chi connectivity index (χ1n) is 7.61. The maximum Gasteiger partial charge on any atom is 0.348 e. The molecule has 1 heterocycles. The summed E-state index contributed by atoms with van der Waals surface area (Å²) in [4.78, 5) is 22.1. The van der Waals surface area contributed by atoms with Gasteiger partial charge in [0.05, 0.1) is 11.5 Å². The lowest BCUT2D eigenvalue weighted by Crippen LogP contribution is -2.06. The van der Waals surface area contributed by atoms with Gasteiger partial charge in [-0.15, -0.1) is 0 Å². The molecule has 0 saturated heterocycles. The summed E-state index contributed by atoms with van der Waals surface area (Å²) in [5.74, 6) is -0.662. The standard InChI is InChI=1S/C18H17N3O4/c1-4-25-18(22)15(11-19)10-14-9-12(2)20(13(14)3)16-5-7-17(8-6-16)21(23)24/h5-10H,4H2,1-3H3. The van der Waals surface area contributed by atoms with E-state index in [-0.39, 0.29) is 17.9 Å². The lowest BCUT2D eigenvalue weighted by molar-refractivity contribution is -0.384. The van der Waals surface area contributed by atoms with E-state index in [4.69, 9.17) is 10.00 Å². The third kappa shape index (κ3) is 3.75. The third-order valence-corrected chi connectivity index (χ3v) is 3.70. The zero-order valence-corrected chi connectivity index (χ0v) is 14.1. The number of aryl methyl sites for hydroxylation is 1. The first-order chi connectivity index (χ1) is 11.9. The van der Waals surface area contributed by atoms with Crippen molar-refractivity contribution in [3.63, 3.8) is 0 Å². The zero-order chi connectivity index (χ0) is 18.6. The fraction of sp³-hybridized carbons (Fsp3) is 0.222. The normalized spacial score (nSPS) is 11.0. The number of hydrogen-bond acceptors (Lipinski definition) is 5. The lowest BCUT2D eigenvalue weighted by Gasteiger charge is -2.09. The SMILES string of the molecule is CCOC(=O)C(C#N)=Cc1cc(C)n(-c2ccc([N+](=O)[O-])cc2)c1C. The molecule has 0 N–H and O–H groups in total. The molecule has 0 amide bonds. The molecule has 7 nitrogen and oxygen atoms in total. The van der Waals surface area contributed by atoms with Gasteiger partial charge in [0.2, 0.25) is 0 Å². The maximum absolute atomic E-state index is 11.8. The van der Waals surface area contributed by atoms with Crippen molar-refractivity contribution in [2.75, 3.05) is 6.61 Å². The highest BCUT2D eigenvalue weighted by Crippen LogP contribution is 2.24. The van der Waals surface area contributed by atoms with Crippen molar-refractivity contribution in [3.8, 4) is 11.8 Å². The number of non-ortho nitro benzene ring substituents is 1. The van der Waals surface area contributed by atoms with E-state index in [0.717, 1.165) is 17.1 Å². The number of esters is 1. The van der Waals surface area contributed by atoms with Gasteiger partial charge in [0.15, 0.2) is 0 Å². The zero-order valence-electron chi connectivity index (χ0n) is 14.1. The van der Waals surface area contributed by atoms with Gasteiger partial charge in [-0.25, -0.2) is 4.79 Å². The molecule has 7 heteroatoms. The highest BCUT2D eigenvalue weighted by molar-refractivity contribution is 5.98. The Balaban J connectivity index is 2.46. The minimum Gasteiger partial charge on any atom is -0.462 e. The van der Waals surface area contributed by atoms with Crippen molar-refractivity contribution in [3.05, 3.63) is 63.0 Å². The minimum absolute atomic E-state index is 0.0143. The maximum atomic E-state index is 11.8. The van der Waals surface area contributed by atoms with Crippen LogP contribution in [-0.2, 0) is 9.53 Å². The van der Waals surface area contributed by atoms with Crippen molar-refractivity contribution in [2.45, 2.75) is 20.8 Å². The number of nitriles is 1. The van der Waals surface area contributed by atoms with Crippen LogP contribution >= 0.6 is 0 Å². The largest absolute Gasteiger partial charge is 0.462 e. The number of ether oxygens (including phenoxy) is 1. The van der Waals surface area contributed by atoms with Crippen LogP contribution in [0.3, 0.4) is 0 Å². The molecule has 0 fully saturated rings. The average Bonchev–Trinajstić information content (AvgIpc) is 2.86. The van der Waals surface area contributed by atoms with Gasteiger partial charge in [-0.2, -0.15) is 5.26 Å². The fourth-order valence-corrected chi connectivity index (χ4v) is 2.56. The van der Waals surface area contributed by atoms with E-state index in [2.05, 4.69) is 0 Å². The van der Waals surface area contributed by atoms with Crippen molar-refractivity contribution >= 4 is 17.7 Å². The average molecular weight is 339 g/mol. The van der Waals surface area contributed by atoms with Gasteiger partial charge < -0.3 is 9.30 Å². The summed E-state index contributed by atoms with van der Waals surface area (Å²) in [6.45, 7) is 5.59. The summed E-state index contributed by atoms with van der Waals surface area (Å²) >= 11 is 0. The minimum atomic E-state index is -0.662. The topological polar surface area (TPSA) is 98.2 Å². The van der Waals surface area contributed by atoms with Crippen LogP contribution in [0.25, 0.3) is 11.8 Å². The third-order valence-electron chi connectivity index (χ3n) is 3.70. The molecule has 0 unspecified atom stereocenters. The molecule has 0 spiro atoms. The number of nitrogens with zero attached hydrogens (tertiary/aromatic N) is 3. The van der Waals surface area contributed by atoms with Gasteiger partial charge in [0.1, 0.15) is 11.6 Å². The number of carbonyl (C=O) groups excluding carboxylic acids is 1. The van der Waals surface area contributed by atoms with Crippen LogP contribution in [0.4, 0.5) is 5.69 Å². The molecule has 0 bridgehead atoms. The molecule has 128 valence electrons. The summed E-state index contributed by atoms with van der Waals surface area (Å²) in [7, 11) is 0. The quantitative estimate of drug-likeness (QED) is 0.273. The molecule has 0 aliphatic heterocycles. The first-order valence-corrected chi connectivity index (χ1v) is 7.61. The number of hydrogen-bond donors (Lipinski definition) is 0. The van der Waals surface area contributed by atoms with Crippen LogP contribution in [0, 0.1) is 35.3 Å². The number of rotatable bonds is 5.